The SMILES string of the molecule is CCc1ccc2c(c1)C(C)(c1ccc3c(c1)CCC(C)(C)O3)C(=O)N2c1cccc(C(=O)O)c1. The van der Waals surface area contributed by atoms with E-state index < -0.39 is 11.4 Å². The summed E-state index contributed by atoms with van der Waals surface area (Å²) in [7, 11) is 0. The highest BCUT2D eigenvalue weighted by Gasteiger charge is 2.49. The molecule has 1 atom stereocenters. The van der Waals surface area contributed by atoms with Gasteiger partial charge in [0, 0.05) is 5.69 Å². The number of rotatable bonds is 4. The Morgan fingerprint density at radius 2 is 1.85 bits per heavy atom. The van der Waals surface area contributed by atoms with Crippen LogP contribution in [0.3, 0.4) is 0 Å². The fourth-order valence-corrected chi connectivity index (χ4v) is 5.13. The van der Waals surface area contributed by atoms with Crippen LogP contribution in [0.2, 0.25) is 0 Å². The number of nitrogens with zero attached hydrogens (tertiary/aromatic N) is 1. The van der Waals surface area contributed by atoms with Crippen molar-refractivity contribution in [3.05, 3.63) is 88.5 Å². The first-order valence-electron chi connectivity index (χ1n) is 11.8. The van der Waals surface area contributed by atoms with Gasteiger partial charge < -0.3 is 9.84 Å². The van der Waals surface area contributed by atoms with E-state index in [0.29, 0.717) is 5.69 Å². The fraction of sp³-hybridized carbons (Fsp3) is 0.310. The molecule has 34 heavy (non-hydrogen) atoms. The van der Waals surface area contributed by atoms with Crippen LogP contribution in [-0.4, -0.2) is 22.6 Å². The van der Waals surface area contributed by atoms with Gasteiger partial charge >= 0.3 is 5.97 Å². The molecular weight excluding hydrogens is 426 g/mol. The zero-order valence-corrected chi connectivity index (χ0v) is 20.0. The Morgan fingerprint density at radius 3 is 2.59 bits per heavy atom. The van der Waals surface area contributed by atoms with E-state index in [1.165, 1.54) is 6.07 Å². The number of amides is 1. The van der Waals surface area contributed by atoms with Crippen molar-refractivity contribution in [1.82, 2.24) is 0 Å². The normalized spacial score (nSPS) is 20.5. The van der Waals surface area contributed by atoms with Crippen molar-refractivity contribution in [3.8, 4) is 5.75 Å². The van der Waals surface area contributed by atoms with Gasteiger partial charge in [0.2, 0.25) is 5.91 Å². The molecule has 0 spiro atoms. The Bertz CT molecular complexity index is 1330. The summed E-state index contributed by atoms with van der Waals surface area (Å²) in [6.45, 7) is 8.26. The second-order valence-corrected chi connectivity index (χ2v) is 10.0. The van der Waals surface area contributed by atoms with Crippen molar-refractivity contribution in [2.45, 2.75) is 58.0 Å². The molecule has 2 heterocycles. The average molecular weight is 456 g/mol. The number of benzene rings is 3. The van der Waals surface area contributed by atoms with Crippen LogP contribution in [0, 0.1) is 0 Å². The summed E-state index contributed by atoms with van der Waals surface area (Å²) in [5.41, 5.74) is 4.54. The molecular formula is C29H29NO4. The number of hydrogen-bond donors (Lipinski definition) is 1. The van der Waals surface area contributed by atoms with Crippen LogP contribution in [0.15, 0.2) is 60.7 Å². The zero-order chi connectivity index (χ0) is 24.3. The first-order valence-corrected chi connectivity index (χ1v) is 11.8. The number of fused-ring (bicyclic) bond motifs is 2. The molecule has 0 aromatic heterocycles. The topological polar surface area (TPSA) is 66.8 Å². The van der Waals surface area contributed by atoms with Crippen LogP contribution in [-0.2, 0) is 23.1 Å². The molecule has 3 aromatic carbocycles. The Labute approximate surface area is 200 Å². The first-order chi connectivity index (χ1) is 16.1. The number of carboxylic acids is 1. The number of carbonyl (C=O) groups excluding carboxylic acids is 1. The van der Waals surface area contributed by atoms with Crippen LogP contribution >= 0.6 is 0 Å². The second kappa shape index (κ2) is 7.73. The maximum atomic E-state index is 14.2. The van der Waals surface area contributed by atoms with Crippen LogP contribution in [0.1, 0.15) is 66.7 Å². The van der Waals surface area contributed by atoms with E-state index in [1.54, 1.807) is 23.1 Å². The average Bonchev–Trinajstić information content (AvgIpc) is 3.05. The van der Waals surface area contributed by atoms with Gasteiger partial charge in [-0.15, -0.1) is 0 Å². The molecule has 5 nitrogen and oxygen atoms in total. The number of carbonyl (C=O) groups is 2. The number of carboxylic acid groups (broad SMARTS) is 1. The van der Waals surface area contributed by atoms with Gasteiger partial charge in [-0.3, -0.25) is 9.69 Å². The molecule has 2 aliphatic heterocycles. The van der Waals surface area contributed by atoms with Crippen LogP contribution in [0.4, 0.5) is 11.4 Å². The summed E-state index contributed by atoms with van der Waals surface area (Å²) in [5, 5.41) is 9.50. The summed E-state index contributed by atoms with van der Waals surface area (Å²) in [5.74, 6) is -0.228. The molecule has 0 fully saturated rings. The molecule has 1 amide bonds. The summed E-state index contributed by atoms with van der Waals surface area (Å²) in [6.07, 6.45) is 2.67. The van der Waals surface area contributed by atoms with Gasteiger partial charge in [0.15, 0.2) is 0 Å². The Kier molecular flexibility index (Phi) is 5.05. The first kappa shape index (κ1) is 22.2. The van der Waals surface area contributed by atoms with E-state index in [-0.39, 0.29) is 17.1 Å². The maximum Gasteiger partial charge on any atom is 0.335 e. The van der Waals surface area contributed by atoms with Crippen molar-refractivity contribution in [2.24, 2.45) is 0 Å². The highest BCUT2D eigenvalue weighted by molar-refractivity contribution is 6.15. The Morgan fingerprint density at radius 1 is 1.06 bits per heavy atom. The largest absolute Gasteiger partial charge is 0.488 e. The van der Waals surface area contributed by atoms with E-state index in [0.717, 1.165) is 53.0 Å². The smallest absolute Gasteiger partial charge is 0.335 e. The minimum atomic E-state index is -1.02. The molecule has 3 aromatic rings. The third kappa shape index (κ3) is 3.38. The highest BCUT2D eigenvalue weighted by atomic mass is 16.5. The van der Waals surface area contributed by atoms with Crippen molar-refractivity contribution in [1.29, 1.82) is 0 Å². The van der Waals surface area contributed by atoms with E-state index in [9.17, 15) is 14.7 Å². The summed E-state index contributed by atoms with van der Waals surface area (Å²) < 4.78 is 6.18. The van der Waals surface area contributed by atoms with Crippen molar-refractivity contribution in [3.63, 3.8) is 0 Å². The highest BCUT2D eigenvalue weighted by Crippen LogP contribution is 2.50. The number of ether oxygens (including phenoxy) is 1. The van der Waals surface area contributed by atoms with Gasteiger partial charge in [0.1, 0.15) is 11.4 Å². The lowest BCUT2D eigenvalue weighted by Crippen LogP contribution is -2.37. The molecule has 5 heteroatoms. The quantitative estimate of drug-likeness (QED) is 0.521. The van der Waals surface area contributed by atoms with Crippen LogP contribution in [0.25, 0.3) is 0 Å². The summed E-state index contributed by atoms with van der Waals surface area (Å²) >= 11 is 0. The molecule has 0 saturated heterocycles. The number of anilines is 2. The van der Waals surface area contributed by atoms with Crippen molar-refractivity contribution in [2.75, 3.05) is 4.90 Å². The molecule has 0 radical (unpaired) electrons. The van der Waals surface area contributed by atoms with Gasteiger partial charge in [-0.05, 0) is 92.6 Å². The summed E-state index contributed by atoms with van der Waals surface area (Å²) in [6, 6.07) is 18.8. The van der Waals surface area contributed by atoms with Gasteiger partial charge in [0.05, 0.1) is 16.7 Å². The molecule has 5 rings (SSSR count). The molecule has 0 aliphatic carbocycles. The van der Waals surface area contributed by atoms with E-state index in [2.05, 4.69) is 32.9 Å². The van der Waals surface area contributed by atoms with Crippen molar-refractivity contribution < 1.29 is 19.4 Å². The standard InChI is InChI=1S/C29H29NO4/c1-5-18-9-11-24-23(15-18)29(4,21-10-12-25-19(16-21)13-14-28(2,3)34-25)27(33)30(24)22-8-6-7-20(17-22)26(31)32/h6-12,15-17H,5,13-14H2,1-4H3,(H,31,32). The Hall–Kier alpha value is -3.60. The third-order valence-electron chi connectivity index (χ3n) is 7.25. The molecule has 174 valence electrons. The van der Waals surface area contributed by atoms with Gasteiger partial charge in [-0.25, -0.2) is 4.79 Å². The Balaban J connectivity index is 1.67. The zero-order valence-electron chi connectivity index (χ0n) is 20.0. The lowest BCUT2D eigenvalue weighted by Gasteiger charge is -2.34. The predicted octanol–water partition coefficient (Wildman–Crippen LogP) is 6.04. The molecule has 0 saturated carbocycles. The monoisotopic (exact) mass is 455 g/mol. The maximum absolute atomic E-state index is 14.2. The predicted molar refractivity (Wildman–Crippen MR) is 132 cm³/mol. The molecule has 1 N–H and O–H groups in total. The number of hydrogen-bond acceptors (Lipinski definition) is 3. The molecule has 2 aliphatic rings. The van der Waals surface area contributed by atoms with E-state index >= 15 is 0 Å². The van der Waals surface area contributed by atoms with Crippen molar-refractivity contribution >= 4 is 23.3 Å². The number of aryl methyl sites for hydroxylation is 2. The molecule has 0 bridgehead atoms. The lowest BCUT2D eigenvalue weighted by atomic mass is 9.75. The minimum absolute atomic E-state index is 0.0877. The van der Waals surface area contributed by atoms with Gasteiger partial charge in [-0.1, -0.05) is 37.3 Å². The van der Waals surface area contributed by atoms with Gasteiger partial charge in [0.25, 0.3) is 0 Å². The minimum Gasteiger partial charge on any atom is -0.488 e. The lowest BCUT2D eigenvalue weighted by molar-refractivity contribution is -0.120. The van der Waals surface area contributed by atoms with Crippen LogP contribution in [0.5, 0.6) is 5.75 Å². The van der Waals surface area contributed by atoms with E-state index in [1.807, 2.05) is 31.2 Å². The third-order valence-corrected chi connectivity index (χ3v) is 7.25. The second-order valence-electron chi connectivity index (χ2n) is 10.0. The van der Waals surface area contributed by atoms with E-state index in [4.69, 9.17) is 4.74 Å². The van der Waals surface area contributed by atoms with Gasteiger partial charge in [-0.2, -0.15) is 0 Å². The summed E-state index contributed by atoms with van der Waals surface area (Å²) in [4.78, 5) is 27.4. The van der Waals surface area contributed by atoms with Crippen LogP contribution < -0.4 is 9.64 Å². The number of aromatic carboxylic acids is 1. The fourth-order valence-electron chi connectivity index (χ4n) is 5.13. The molecule has 1 unspecified atom stereocenters.